The average Bonchev–Trinajstić information content (AvgIpc) is 2.68. The molecule has 1 aliphatic heterocycles. The number of rotatable bonds is 5. The molecule has 2 N–H and O–H groups in total. The van der Waals surface area contributed by atoms with Crippen LogP contribution in [0.4, 0.5) is 5.82 Å². The molecule has 2 heterocycles. The number of nitrogens with zero attached hydrogens (tertiary/aromatic N) is 3. The molecular formula is C21H26N4O2. The van der Waals surface area contributed by atoms with Crippen molar-refractivity contribution in [1.82, 2.24) is 9.88 Å². The third-order valence-corrected chi connectivity index (χ3v) is 5.18. The van der Waals surface area contributed by atoms with Crippen molar-refractivity contribution in [3.63, 3.8) is 0 Å². The lowest BCUT2D eigenvalue weighted by Gasteiger charge is -2.36. The molecule has 0 spiro atoms. The van der Waals surface area contributed by atoms with Crippen LogP contribution in [0.15, 0.2) is 36.5 Å². The highest BCUT2D eigenvalue weighted by molar-refractivity contribution is 5.97. The number of hydrogen-bond acceptors (Lipinski definition) is 4. The van der Waals surface area contributed by atoms with Gasteiger partial charge in [-0.2, -0.15) is 0 Å². The normalized spacial score (nSPS) is 14.3. The maximum Gasteiger partial charge on any atom is 0.252 e. The standard InChI is InChI=1S/C21H26N4O2/c1-15-5-6-17(14-16(15)2)7-8-19(26)24-10-12-25(13-11-24)21-18(20(22)27)4-3-9-23-21/h3-6,9,14H,7-8,10-13H2,1-2H3,(H2,22,27). The minimum absolute atomic E-state index is 0.170. The third-order valence-electron chi connectivity index (χ3n) is 5.18. The summed E-state index contributed by atoms with van der Waals surface area (Å²) in [6.45, 7) is 6.73. The number of aromatic nitrogens is 1. The van der Waals surface area contributed by atoms with Crippen molar-refractivity contribution in [1.29, 1.82) is 0 Å². The lowest BCUT2D eigenvalue weighted by atomic mass is 10.0. The zero-order valence-corrected chi connectivity index (χ0v) is 15.9. The molecule has 1 fully saturated rings. The first kappa shape index (κ1) is 18.9. The molecule has 0 radical (unpaired) electrons. The summed E-state index contributed by atoms with van der Waals surface area (Å²) >= 11 is 0. The summed E-state index contributed by atoms with van der Waals surface area (Å²) in [5.41, 5.74) is 9.59. The Kier molecular flexibility index (Phi) is 5.74. The van der Waals surface area contributed by atoms with Gasteiger partial charge in [0.25, 0.3) is 5.91 Å². The summed E-state index contributed by atoms with van der Waals surface area (Å²) in [6.07, 6.45) is 2.92. The second-order valence-electron chi connectivity index (χ2n) is 7.03. The van der Waals surface area contributed by atoms with Gasteiger partial charge in [-0.1, -0.05) is 18.2 Å². The van der Waals surface area contributed by atoms with E-state index < -0.39 is 5.91 Å². The highest BCUT2D eigenvalue weighted by Crippen LogP contribution is 2.19. The summed E-state index contributed by atoms with van der Waals surface area (Å²) < 4.78 is 0. The van der Waals surface area contributed by atoms with Crippen molar-refractivity contribution in [2.75, 3.05) is 31.1 Å². The van der Waals surface area contributed by atoms with Crippen LogP contribution in [-0.4, -0.2) is 47.9 Å². The minimum Gasteiger partial charge on any atom is -0.365 e. The summed E-state index contributed by atoms with van der Waals surface area (Å²) in [4.78, 5) is 32.4. The van der Waals surface area contributed by atoms with Crippen molar-refractivity contribution in [2.45, 2.75) is 26.7 Å². The third kappa shape index (κ3) is 4.45. The van der Waals surface area contributed by atoms with E-state index in [-0.39, 0.29) is 5.91 Å². The number of aryl methyl sites for hydroxylation is 3. The first-order chi connectivity index (χ1) is 13.0. The zero-order chi connectivity index (χ0) is 19.4. The maximum atomic E-state index is 12.6. The summed E-state index contributed by atoms with van der Waals surface area (Å²) in [5, 5.41) is 0. The number of carbonyl (C=O) groups is 2. The molecule has 6 nitrogen and oxygen atoms in total. The van der Waals surface area contributed by atoms with Crippen molar-refractivity contribution >= 4 is 17.6 Å². The van der Waals surface area contributed by atoms with E-state index in [1.807, 2.05) is 9.80 Å². The molecule has 2 aromatic rings. The van der Waals surface area contributed by atoms with E-state index in [1.54, 1.807) is 18.3 Å². The molecule has 1 aliphatic rings. The van der Waals surface area contributed by atoms with Crippen LogP contribution >= 0.6 is 0 Å². The number of amides is 2. The number of nitrogens with two attached hydrogens (primary N) is 1. The number of piperazine rings is 1. The predicted molar refractivity (Wildman–Crippen MR) is 106 cm³/mol. The molecule has 0 atom stereocenters. The Hall–Kier alpha value is -2.89. The minimum atomic E-state index is -0.481. The van der Waals surface area contributed by atoms with E-state index in [0.717, 1.165) is 6.42 Å². The van der Waals surface area contributed by atoms with Crippen molar-refractivity contribution in [2.24, 2.45) is 5.73 Å². The molecule has 27 heavy (non-hydrogen) atoms. The van der Waals surface area contributed by atoms with Gasteiger partial charge in [-0.15, -0.1) is 0 Å². The van der Waals surface area contributed by atoms with Gasteiger partial charge in [0.2, 0.25) is 5.91 Å². The Morgan fingerprint density at radius 2 is 1.81 bits per heavy atom. The molecular weight excluding hydrogens is 340 g/mol. The molecule has 1 aromatic carbocycles. The fourth-order valence-corrected chi connectivity index (χ4v) is 3.38. The summed E-state index contributed by atoms with van der Waals surface area (Å²) in [7, 11) is 0. The maximum absolute atomic E-state index is 12.6. The van der Waals surface area contributed by atoms with Crippen LogP contribution in [0.3, 0.4) is 0 Å². The van der Waals surface area contributed by atoms with Crippen molar-refractivity contribution < 1.29 is 9.59 Å². The van der Waals surface area contributed by atoms with Crippen molar-refractivity contribution in [3.05, 3.63) is 58.8 Å². The SMILES string of the molecule is Cc1ccc(CCC(=O)N2CCN(c3ncccc3C(N)=O)CC2)cc1C. The van der Waals surface area contributed by atoms with Gasteiger partial charge >= 0.3 is 0 Å². The van der Waals surface area contributed by atoms with Crippen LogP contribution in [0, 0.1) is 13.8 Å². The quantitative estimate of drug-likeness (QED) is 0.879. The van der Waals surface area contributed by atoms with Crippen LogP contribution in [0.1, 0.15) is 33.5 Å². The highest BCUT2D eigenvalue weighted by atomic mass is 16.2. The molecule has 0 saturated carbocycles. The number of primary amides is 1. The van der Waals surface area contributed by atoms with Gasteiger partial charge in [-0.25, -0.2) is 4.98 Å². The Morgan fingerprint density at radius 1 is 1.07 bits per heavy atom. The summed E-state index contributed by atoms with van der Waals surface area (Å²) in [5.74, 6) is 0.293. The van der Waals surface area contributed by atoms with E-state index in [0.29, 0.717) is 44.0 Å². The molecule has 142 valence electrons. The van der Waals surface area contributed by atoms with Gasteiger partial charge in [0.1, 0.15) is 5.82 Å². The fraction of sp³-hybridized carbons (Fsp3) is 0.381. The Morgan fingerprint density at radius 3 is 2.48 bits per heavy atom. The molecule has 1 saturated heterocycles. The van der Waals surface area contributed by atoms with Crippen LogP contribution in [0.2, 0.25) is 0 Å². The second-order valence-corrected chi connectivity index (χ2v) is 7.03. The molecule has 3 rings (SSSR count). The first-order valence-electron chi connectivity index (χ1n) is 9.29. The van der Waals surface area contributed by atoms with Crippen LogP contribution < -0.4 is 10.6 Å². The number of hydrogen-bond donors (Lipinski definition) is 1. The van der Waals surface area contributed by atoms with Crippen LogP contribution in [-0.2, 0) is 11.2 Å². The number of carbonyl (C=O) groups excluding carboxylic acids is 2. The van der Waals surface area contributed by atoms with E-state index in [2.05, 4.69) is 37.0 Å². The van der Waals surface area contributed by atoms with Gasteiger partial charge < -0.3 is 15.5 Å². The molecule has 0 aliphatic carbocycles. The van der Waals surface area contributed by atoms with E-state index >= 15 is 0 Å². The summed E-state index contributed by atoms with van der Waals surface area (Å²) in [6, 6.07) is 9.76. The topological polar surface area (TPSA) is 79.5 Å². The lowest BCUT2D eigenvalue weighted by molar-refractivity contribution is -0.131. The van der Waals surface area contributed by atoms with E-state index in [4.69, 9.17) is 5.73 Å². The fourth-order valence-electron chi connectivity index (χ4n) is 3.38. The highest BCUT2D eigenvalue weighted by Gasteiger charge is 2.24. The molecule has 1 aromatic heterocycles. The van der Waals surface area contributed by atoms with Crippen molar-refractivity contribution in [3.8, 4) is 0 Å². The largest absolute Gasteiger partial charge is 0.365 e. The molecule has 0 unspecified atom stereocenters. The number of benzene rings is 1. The van der Waals surface area contributed by atoms with Gasteiger partial charge in [0.15, 0.2) is 0 Å². The molecule has 2 amide bonds. The van der Waals surface area contributed by atoms with Gasteiger partial charge in [-0.05, 0) is 49.1 Å². The molecule has 6 heteroatoms. The Labute approximate surface area is 160 Å². The first-order valence-corrected chi connectivity index (χ1v) is 9.29. The smallest absolute Gasteiger partial charge is 0.252 e. The number of anilines is 1. The Bertz CT molecular complexity index is 842. The van der Waals surface area contributed by atoms with Crippen LogP contribution in [0.5, 0.6) is 0 Å². The zero-order valence-electron chi connectivity index (χ0n) is 15.9. The molecule has 0 bridgehead atoms. The van der Waals surface area contributed by atoms with Gasteiger partial charge in [0, 0.05) is 38.8 Å². The lowest BCUT2D eigenvalue weighted by Crippen LogP contribution is -2.49. The Balaban J connectivity index is 1.55. The average molecular weight is 366 g/mol. The predicted octanol–water partition coefficient (Wildman–Crippen LogP) is 2.08. The van der Waals surface area contributed by atoms with E-state index in [9.17, 15) is 9.59 Å². The van der Waals surface area contributed by atoms with Gasteiger partial charge in [0.05, 0.1) is 5.56 Å². The number of pyridine rings is 1. The second kappa shape index (κ2) is 8.20. The van der Waals surface area contributed by atoms with Crippen LogP contribution in [0.25, 0.3) is 0 Å². The van der Waals surface area contributed by atoms with Gasteiger partial charge in [-0.3, -0.25) is 9.59 Å². The van der Waals surface area contributed by atoms with E-state index in [1.165, 1.54) is 16.7 Å². The monoisotopic (exact) mass is 366 g/mol.